The minimum Gasteiger partial charge on any atom is -0.308 e. The van der Waals surface area contributed by atoms with E-state index in [1.807, 2.05) is 30.3 Å². The van der Waals surface area contributed by atoms with E-state index < -0.39 is 5.82 Å². The number of rotatable bonds is 7. The van der Waals surface area contributed by atoms with Crippen LogP contribution in [0.2, 0.25) is 5.02 Å². The van der Waals surface area contributed by atoms with Crippen molar-refractivity contribution in [1.82, 2.24) is 19.7 Å². The Morgan fingerprint density at radius 3 is 2.75 bits per heavy atom. The lowest BCUT2D eigenvalue weighted by molar-refractivity contribution is -0.113. The lowest BCUT2D eigenvalue weighted by Gasteiger charge is -2.06. The maximum Gasteiger partial charge on any atom is 0.236 e. The number of hydrogen-bond acceptors (Lipinski definition) is 5. The molecule has 0 saturated carbocycles. The Bertz CT molecular complexity index is 1230. The molecule has 0 aliphatic heterocycles. The van der Waals surface area contributed by atoms with Gasteiger partial charge >= 0.3 is 0 Å². The van der Waals surface area contributed by atoms with E-state index in [1.165, 1.54) is 22.5 Å². The van der Waals surface area contributed by atoms with Crippen molar-refractivity contribution in [2.24, 2.45) is 0 Å². The molecule has 2 aromatic carbocycles. The van der Waals surface area contributed by atoms with Crippen LogP contribution in [0, 0.1) is 5.82 Å². The molecule has 4 aromatic rings. The first-order chi connectivity index (χ1) is 15.5. The van der Waals surface area contributed by atoms with Crippen molar-refractivity contribution >= 4 is 51.0 Å². The Morgan fingerprint density at radius 2 is 1.97 bits per heavy atom. The van der Waals surface area contributed by atoms with E-state index in [-0.39, 0.29) is 18.2 Å². The zero-order valence-corrected chi connectivity index (χ0v) is 19.7. The topological polar surface area (TPSA) is 72.7 Å². The van der Waals surface area contributed by atoms with Crippen molar-refractivity contribution in [2.45, 2.75) is 11.7 Å². The van der Waals surface area contributed by atoms with Crippen molar-refractivity contribution in [2.75, 3.05) is 11.1 Å². The molecule has 2 aromatic heterocycles. The minimum atomic E-state index is -0.402. The summed E-state index contributed by atoms with van der Waals surface area (Å²) >= 11 is 10.7. The van der Waals surface area contributed by atoms with Crippen molar-refractivity contribution in [3.63, 3.8) is 0 Å². The zero-order valence-electron chi connectivity index (χ0n) is 16.5. The average molecular weight is 533 g/mol. The van der Waals surface area contributed by atoms with Crippen LogP contribution in [-0.2, 0) is 11.3 Å². The fourth-order valence-corrected chi connectivity index (χ4v) is 3.98. The van der Waals surface area contributed by atoms with Gasteiger partial charge in [0.25, 0.3) is 0 Å². The van der Waals surface area contributed by atoms with Crippen LogP contribution in [0.25, 0.3) is 11.3 Å². The van der Waals surface area contributed by atoms with Crippen LogP contribution in [0.4, 0.5) is 10.2 Å². The number of aromatic nitrogens is 4. The number of nitrogens with zero attached hydrogens (tertiary/aromatic N) is 4. The summed E-state index contributed by atoms with van der Waals surface area (Å²) in [4.78, 5) is 21.1. The number of nitrogens with one attached hydrogen (secondary N) is 1. The highest BCUT2D eigenvalue weighted by Gasteiger charge is 2.11. The van der Waals surface area contributed by atoms with E-state index in [4.69, 9.17) is 11.6 Å². The summed E-state index contributed by atoms with van der Waals surface area (Å²) in [6.07, 6.45) is 3.32. The van der Waals surface area contributed by atoms with Gasteiger partial charge < -0.3 is 5.32 Å². The number of hydrogen-bond donors (Lipinski definition) is 1. The Balaban J connectivity index is 1.34. The molecular formula is C22H16BrClFN5OS. The summed E-state index contributed by atoms with van der Waals surface area (Å²) in [7, 11) is 0. The SMILES string of the molecule is O=C(CSc1nccc(-c2ccc(Br)cc2)n1)Nc1ccn(Cc2c(F)cccc2Cl)n1. The van der Waals surface area contributed by atoms with Gasteiger partial charge in [-0.2, -0.15) is 5.10 Å². The van der Waals surface area contributed by atoms with Gasteiger partial charge in [0, 0.05) is 39.1 Å². The summed E-state index contributed by atoms with van der Waals surface area (Å²) in [5, 5.41) is 7.81. The maximum atomic E-state index is 14.0. The molecule has 0 unspecified atom stereocenters. The van der Waals surface area contributed by atoms with E-state index in [1.54, 1.807) is 30.6 Å². The van der Waals surface area contributed by atoms with Gasteiger partial charge in [0.05, 0.1) is 18.0 Å². The van der Waals surface area contributed by atoms with Crippen molar-refractivity contribution in [3.05, 3.63) is 87.9 Å². The standard InChI is InChI=1S/C22H16BrClFN5OS/c23-15-6-4-14(5-7-15)19-8-10-26-22(27-19)32-13-21(31)28-20-9-11-30(29-20)12-16-17(24)2-1-3-18(16)25/h1-11H,12-13H2,(H,28,29,31). The first-order valence-electron chi connectivity index (χ1n) is 9.46. The molecule has 6 nitrogen and oxygen atoms in total. The molecule has 0 aliphatic rings. The van der Waals surface area contributed by atoms with E-state index >= 15 is 0 Å². The largest absolute Gasteiger partial charge is 0.308 e. The van der Waals surface area contributed by atoms with Crippen LogP contribution < -0.4 is 5.32 Å². The van der Waals surface area contributed by atoms with Gasteiger partial charge in [0.15, 0.2) is 11.0 Å². The monoisotopic (exact) mass is 531 g/mol. The van der Waals surface area contributed by atoms with Crippen LogP contribution in [0.1, 0.15) is 5.56 Å². The summed E-state index contributed by atoms with van der Waals surface area (Å²) in [6, 6.07) is 15.8. The Morgan fingerprint density at radius 1 is 1.16 bits per heavy atom. The average Bonchev–Trinajstić information content (AvgIpc) is 3.22. The lowest BCUT2D eigenvalue weighted by Crippen LogP contribution is -2.15. The number of carbonyl (C=O) groups is 1. The number of amides is 1. The first kappa shape index (κ1) is 22.4. The fourth-order valence-electron chi connectivity index (χ4n) is 2.86. The molecule has 162 valence electrons. The first-order valence-corrected chi connectivity index (χ1v) is 11.6. The van der Waals surface area contributed by atoms with Crippen LogP contribution in [0.3, 0.4) is 0 Å². The third-order valence-electron chi connectivity index (χ3n) is 4.40. The molecule has 0 fully saturated rings. The second-order valence-corrected chi connectivity index (χ2v) is 8.93. The van der Waals surface area contributed by atoms with Gasteiger partial charge in [-0.25, -0.2) is 14.4 Å². The molecule has 0 spiro atoms. The Hall–Kier alpha value is -2.75. The summed E-state index contributed by atoms with van der Waals surface area (Å²) in [5.41, 5.74) is 2.08. The van der Waals surface area contributed by atoms with Crippen LogP contribution >= 0.6 is 39.3 Å². The highest BCUT2D eigenvalue weighted by Crippen LogP contribution is 2.23. The molecule has 0 atom stereocenters. The highest BCUT2D eigenvalue weighted by atomic mass is 79.9. The Labute approximate surface area is 201 Å². The van der Waals surface area contributed by atoms with Gasteiger partial charge in [0.1, 0.15) is 5.82 Å². The van der Waals surface area contributed by atoms with Crippen molar-refractivity contribution in [3.8, 4) is 11.3 Å². The fraction of sp³-hybridized carbons (Fsp3) is 0.0909. The molecule has 1 N–H and O–H groups in total. The quantitative estimate of drug-likeness (QED) is 0.245. The van der Waals surface area contributed by atoms with Gasteiger partial charge in [-0.3, -0.25) is 9.48 Å². The molecule has 0 aliphatic carbocycles. The molecule has 10 heteroatoms. The van der Waals surface area contributed by atoms with Gasteiger partial charge in [-0.15, -0.1) is 0 Å². The zero-order chi connectivity index (χ0) is 22.5. The molecule has 0 radical (unpaired) electrons. The number of anilines is 1. The maximum absolute atomic E-state index is 14.0. The third kappa shape index (κ3) is 5.73. The summed E-state index contributed by atoms with van der Waals surface area (Å²) < 4.78 is 16.5. The predicted molar refractivity (Wildman–Crippen MR) is 127 cm³/mol. The molecule has 0 bridgehead atoms. The minimum absolute atomic E-state index is 0.121. The lowest BCUT2D eigenvalue weighted by atomic mass is 10.1. The molecule has 32 heavy (non-hydrogen) atoms. The van der Waals surface area contributed by atoms with Gasteiger partial charge in [-0.1, -0.05) is 57.5 Å². The Kier molecular flexibility index (Phi) is 7.19. The van der Waals surface area contributed by atoms with Crippen molar-refractivity contribution in [1.29, 1.82) is 0 Å². The normalized spacial score (nSPS) is 10.8. The second kappa shape index (κ2) is 10.2. The molecule has 4 rings (SSSR count). The molecule has 2 heterocycles. The number of benzene rings is 2. The predicted octanol–water partition coefficient (Wildman–Crippen LogP) is 5.67. The van der Waals surface area contributed by atoms with E-state index in [2.05, 4.69) is 36.3 Å². The van der Waals surface area contributed by atoms with E-state index in [0.29, 0.717) is 21.6 Å². The van der Waals surface area contributed by atoms with Crippen LogP contribution in [-0.4, -0.2) is 31.4 Å². The van der Waals surface area contributed by atoms with Crippen LogP contribution in [0.5, 0.6) is 0 Å². The highest BCUT2D eigenvalue weighted by molar-refractivity contribution is 9.10. The third-order valence-corrected chi connectivity index (χ3v) is 6.14. The molecular weight excluding hydrogens is 517 g/mol. The van der Waals surface area contributed by atoms with E-state index in [0.717, 1.165) is 15.7 Å². The van der Waals surface area contributed by atoms with Crippen molar-refractivity contribution < 1.29 is 9.18 Å². The smallest absolute Gasteiger partial charge is 0.236 e. The number of carbonyl (C=O) groups excluding carboxylic acids is 1. The molecule has 0 saturated heterocycles. The van der Waals surface area contributed by atoms with Gasteiger partial charge in [0.2, 0.25) is 5.91 Å². The number of thioether (sulfide) groups is 1. The summed E-state index contributed by atoms with van der Waals surface area (Å²) in [6.45, 7) is 0.160. The number of halogens is 3. The molecule has 1 amide bonds. The van der Waals surface area contributed by atoms with Gasteiger partial charge in [-0.05, 0) is 30.3 Å². The van der Waals surface area contributed by atoms with Crippen LogP contribution in [0.15, 0.2) is 76.6 Å². The van der Waals surface area contributed by atoms with E-state index in [9.17, 15) is 9.18 Å². The summed E-state index contributed by atoms with van der Waals surface area (Å²) in [5.74, 6) is -0.162. The second-order valence-electron chi connectivity index (χ2n) is 6.67.